The zero-order chi connectivity index (χ0) is 6.20. The van der Waals surface area contributed by atoms with Crippen molar-refractivity contribution in [2.75, 3.05) is 12.5 Å². The SMILES string of the molecule is CC1(CCl)COC1=O. The summed E-state index contributed by atoms with van der Waals surface area (Å²) in [6.07, 6.45) is 0. The van der Waals surface area contributed by atoms with Crippen molar-refractivity contribution in [3.8, 4) is 0 Å². The second-order valence-corrected chi connectivity index (χ2v) is 2.54. The minimum Gasteiger partial charge on any atom is -0.464 e. The van der Waals surface area contributed by atoms with Crippen LogP contribution in [0.2, 0.25) is 0 Å². The Labute approximate surface area is 52.8 Å². The van der Waals surface area contributed by atoms with Crippen molar-refractivity contribution in [1.29, 1.82) is 0 Å². The van der Waals surface area contributed by atoms with Crippen LogP contribution in [0.25, 0.3) is 0 Å². The lowest BCUT2D eigenvalue weighted by molar-refractivity contribution is -0.179. The molecule has 0 N–H and O–H groups in total. The van der Waals surface area contributed by atoms with Crippen LogP contribution < -0.4 is 0 Å². The van der Waals surface area contributed by atoms with Gasteiger partial charge in [0.15, 0.2) is 0 Å². The third-order valence-corrected chi connectivity index (χ3v) is 1.90. The van der Waals surface area contributed by atoms with Gasteiger partial charge in [-0.15, -0.1) is 11.6 Å². The highest BCUT2D eigenvalue weighted by Crippen LogP contribution is 2.29. The summed E-state index contributed by atoms with van der Waals surface area (Å²) in [5.41, 5.74) is -0.373. The van der Waals surface area contributed by atoms with Crippen LogP contribution in [0.4, 0.5) is 0 Å². The molecule has 1 heterocycles. The van der Waals surface area contributed by atoms with Crippen LogP contribution in [0, 0.1) is 5.41 Å². The molecule has 0 spiro atoms. The Balaban J connectivity index is 2.55. The molecule has 1 aliphatic rings. The largest absolute Gasteiger partial charge is 0.464 e. The van der Waals surface area contributed by atoms with Gasteiger partial charge in [-0.05, 0) is 6.92 Å². The number of halogens is 1. The van der Waals surface area contributed by atoms with E-state index in [2.05, 4.69) is 4.74 Å². The van der Waals surface area contributed by atoms with Gasteiger partial charge in [-0.25, -0.2) is 0 Å². The van der Waals surface area contributed by atoms with Crippen molar-refractivity contribution in [3.63, 3.8) is 0 Å². The molecule has 2 nitrogen and oxygen atoms in total. The molecule has 0 radical (unpaired) electrons. The van der Waals surface area contributed by atoms with E-state index in [1.807, 2.05) is 0 Å². The van der Waals surface area contributed by atoms with E-state index in [-0.39, 0.29) is 11.4 Å². The Morgan fingerprint density at radius 2 is 2.62 bits per heavy atom. The third-order valence-electron chi connectivity index (χ3n) is 1.31. The van der Waals surface area contributed by atoms with Gasteiger partial charge in [-0.2, -0.15) is 0 Å². The van der Waals surface area contributed by atoms with Crippen LogP contribution in [0.5, 0.6) is 0 Å². The van der Waals surface area contributed by atoms with E-state index >= 15 is 0 Å². The highest BCUT2D eigenvalue weighted by molar-refractivity contribution is 6.20. The molecule has 46 valence electrons. The van der Waals surface area contributed by atoms with Gasteiger partial charge in [-0.1, -0.05) is 0 Å². The van der Waals surface area contributed by atoms with E-state index in [4.69, 9.17) is 11.6 Å². The molecule has 1 saturated heterocycles. The molecule has 0 aromatic rings. The van der Waals surface area contributed by atoms with Crippen molar-refractivity contribution in [3.05, 3.63) is 0 Å². The van der Waals surface area contributed by atoms with Gasteiger partial charge < -0.3 is 4.74 Å². The fraction of sp³-hybridized carbons (Fsp3) is 0.800. The lowest BCUT2D eigenvalue weighted by Gasteiger charge is -2.33. The molecule has 0 aromatic carbocycles. The molecule has 0 aliphatic carbocycles. The van der Waals surface area contributed by atoms with Crippen molar-refractivity contribution in [1.82, 2.24) is 0 Å². The first-order valence-electron chi connectivity index (χ1n) is 2.42. The molecular weight excluding hydrogens is 128 g/mol. The van der Waals surface area contributed by atoms with Gasteiger partial charge in [0.2, 0.25) is 0 Å². The average Bonchev–Trinajstić information content (AvgIpc) is 1.83. The monoisotopic (exact) mass is 134 g/mol. The summed E-state index contributed by atoms with van der Waals surface area (Å²) in [6.45, 7) is 2.28. The first kappa shape index (κ1) is 5.89. The summed E-state index contributed by atoms with van der Waals surface area (Å²) in [4.78, 5) is 10.5. The van der Waals surface area contributed by atoms with E-state index in [1.54, 1.807) is 6.92 Å². The van der Waals surface area contributed by atoms with Gasteiger partial charge in [-0.3, -0.25) is 4.79 Å². The summed E-state index contributed by atoms with van der Waals surface area (Å²) in [7, 11) is 0. The van der Waals surface area contributed by atoms with Gasteiger partial charge in [0.05, 0.1) is 0 Å². The molecule has 1 unspecified atom stereocenters. The van der Waals surface area contributed by atoms with Gasteiger partial charge >= 0.3 is 5.97 Å². The van der Waals surface area contributed by atoms with Crippen LogP contribution in [-0.4, -0.2) is 18.5 Å². The minimum absolute atomic E-state index is 0.174. The summed E-state index contributed by atoms with van der Waals surface area (Å²) in [6, 6.07) is 0. The fourth-order valence-electron chi connectivity index (χ4n) is 0.471. The van der Waals surface area contributed by atoms with Crippen molar-refractivity contribution >= 4 is 17.6 Å². The summed E-state index contributed by atoms with van der Waals surface area (Å²) < 4.78 is 4.51. The standard InChI is InChI=1S/C5H7ClO2/c1-5(2-6)3-8-4(5)7/h2-3H2,1H3. The first-order valence-corrected chi connectivity index (χ1v) is 2.96. The molecule has 0 bridgehead atoms. The zero-order valence-electron chi connectivity index (χ0n) is 4.61. The maximum absolute atomic E-state index is 10.5. The highest BCUT2D eigenvalue weighted by atomic mass is 35.5. The normalized spacial score (nSPS) is 36.0. The van der Waals surface area contributed by atoms with Crippen LogP contribution in [0.3, 0.4) is 0 Å². The van der Waals surface area contributed by atoms with E-state index in [1.165, 1.54) is 0 Å². The Kier molecular flexibility index (Phi) is 1.19. The molecule has 0 aromatic heterocycles. The summed E-state index contributed by atoms with van der Waals surface area (Å²) in [5.74, 6) is 0.193. The Bertz CT molecular complexity index is 120. The number of hydrogen-bond donors (Lipinski definition) is 0. The molecule has 1 aliphatic heterocycles. The molecule has 0 amide bonds. The highest BCUT2D eigenvalue weighted by Gasteiger charge is 2.43. The molecule has 1 fully saturated rings. The van der Waals surface area contributed by atoms with Crippen molar-refractivity contribution < 1.29 is 9.53 Å². The second-order valence-electron chi connectivity index (χ2n) is 2.27. The number of cyclic esters (lactones) is 1. The summed E-state index contributed by atoms with van der Waals surface area (Å²) >= 11 is 5.44. The van der Waals surface area contributed by atoms with E-state index in [9.17, 15) is 4.79 Å². The molecule has 1 rings (SSSR count). The van der Waals surface area contributed by atoms with Crippen LogP contribution in [0.15, 0.2) is 0 Å². The Morgan fingerprint density at radius 3 is 2.62 bits per heavy atom. The minimum atomic E-state index is -0.373. The lowest BCUT2D eigenvalue weighted by Crippen LogP contribution is -2.47. The topological polar surface area (TPSA) is 26.3 Å². The average molecular weight is 135 g/mol. The molecule has 3 heteroatoms. The first-order chi connectivity index (χ1) is 3.69. The van der Waals surface area contributed by atoms with Gasteiger partial charge in [0.25, 0.3) is 0 Å². The summed E-state index contributed by atoms with van der Waals surface area (Å²) in [5, 5.41) is 0. The van der Waals surface area contributed by atoms with Crippen molar-refractivity contribution in [2.24, 2.45) is 5.41 Å². The number of carbonyl (C=O) groups is 1. The van der Waals surface area contributed by atoms with Crippen LogP contribution >= 0.6 is 11.6 Å². The van der Waals surface area contributed by atoms with Crippen LogP contribution in [0.1, 0.15) is 6.92 Å². The number of carbonyl (C=O) groups excluding carboxylic acids is 1. The van der Waals surface area contributed by atoms with E-state index in [0.29, 0.717) is 12.5 Å². The predicted octanol–water partition coefficient (Wildman–Crippen LogP) is 0.788. The number of esters is 1. The number of ether oxygens (including phenoxy) is 1. The van der Waals surface area contributed by atoms with E-state index < -0.39 is 0 Å². The number of rotatable bonds is 1. The second kappa shape index (κ2) is 1.62. The Morgan fingerprint density at radius 1 is 2.00 bits per heavy atom. The number of hydrogen-bond acceptors (Lipinski definition) is 2. The maximum Gasteiger partial charge on any atom is 0.316 e. The molecule has 0 saturated carbocycles. The van der Waals surface area contributed by atoms with Gasteiger partial charge in [0, 0.05) is 5.88 Å². The molecular formula is C5H7ClO2. The van der Waals surface area contributed by atoms with Crippen molar-refractivity contribution in [2.45, 2.75) is 6.92 Å². The maximum atomic E-state index is 10.5. The smallest absolute Gasteiger partial charge is 0.316 e. The van der Waals surface area contributed by atoms with Crippen LogP contribution in [-0.2, 0) is 9.53 Å². The van der Waals surface area contributed by atoms with Gasteiger partial charge in [0.1, 0.15) is 12.0 Å². The predicted molar refractivity (Wildman–Crippen MR) is 29.8 cm³/mol. The third kappa shape index (κ3) is 0.599. The fourth-order valence-corrected chi connectivity index (χ4v) is 0.657. The molecule has 8 heavy (non-hydrogen) atoms. The Hall–Kier alpha value is -0.240. The number of alkyl halides is 1. The lowest BCUT2D eigenvalue weighted by atomic mass is 9.90. The quantitative estimate of drug-likeness (QED) is 0.392. The zero-order valence-corrected chi connectivity index (χ0v) is 5.36. The van der Waals surface area contributed by atoms with E-state index in [0.717, 1.165) is 0 Å². The molecule has 1 atom stereocenters.